The lowest BCUT2D eigenvalue weighted by molar-refractivity contribution is 0.386. The highest BCUT2D eigenvalue weighted by Gasteiger charge is 2.30. The molecule has 1 unspecified atom stereocenters. The van der Waals surface area contributed by atoms with Crippen LogP contribution >= 0.6 is 0 Å². The van der Waals surface area contributed by atoms with E-state index in [0.29, 0.717) is 12.3 Å². The van der Waals surface area contributed by atoms with E-state index in [1.165, 1.54) is 6.33 Å². The number of nitrogens with zero attached hydrogens (tertiary/aromatic N) is 4. The van der Waals surface area contributed by atoms with Crippen molar-refractivity contribution in [2.24, 2.45) is 0 Å². The van der Waals surface area contributed by atoms with Crippen molar-refractivity contribution in [3.8, 4) is 11.8 Å². The van der Waals surface area contributed by atoms with Crippen molar-refractivity contribution in [3.05, 3.63) is 42.5 Å². The van der Waals surface area contributed by atoms with Gasteiger partial charge in [0.05, 0.1) is 19.7 Å². The molecule has 0 aliphatic carbocycles. The highest BCUT2D eigenvalue weighted by molar-refractivity contribution is 5.42. The monoisotopic (exact) mass is 242 g/mol. The molecule has 0 bridgehead atoms. The first-order valence-electron chi connectivity index (χ1n) is 5.57. The number of aromatic nitrogens is 3. The normalized spacial score (nSPS) is 13.6. The second-order valence-corrected chi connectivity index (χ2v) is 4.24. The molecule has 1 atom stereocenters. The fourth-order valence-corrected chi connectivity index (χ4v) is 1.92. The summed E-state index contributed by atoms with van der Waals surface area (Å²) in [5, 5.41) is 13.5. The summed E-state index contributed by atoms with van der Waals surface area (Å²) in [7, 11) is 1.60. The Kier molecular flexibility index (Phi) is 3.28. The minimum absolute atomic E-state index is 0.434. The van der Waals surface area contributed by atoms with Crippen molar-refractivity contribution >= 4 is 0 Å². The Hall–Kier alpha value is -2.35. The van der Waals surface area contributed by atoms with E-state index >= 15 is 0 Å². The van der Waals surface area contributed by atoms with Gasteiger partial charge in [0.25, 0.3) is 0 Å². The zero-order chi connectivity index (χ0) is 13.0. The highest BCUT2D eigenvalue weighted by atomic mass is 16.5. The number of hydrogen-bond donors (Lipinski definition) is 0. The largest absolute Gasteiger partial charge is 0.496 e. The summed E-state index contributed by atoms with van der Waals surface area (Å²) >= 11 is 0. The number of benzene rings is 1. The van der Waals surface area contributed by atoms with Crippen molar-refractivity contribution in [2.75, 3.05) is 7.11 Å². The van der Waals surface area contributed by atoms with E-state index in [2.05, 4.69) is 16.2 Å². The smallest absolute Gasteiger partial charge is 0.137 e. The Labute approximate surface area is 106 Å². The van der Waals surface area contributed by atoms with Gasteiger partial charge in [0.1, 0.15) is 23.8 Å². The fraction of sp³-hybridized carbons (Fsp3) is 0.308. The van der Waals surface area contributed by atoms with Gasteiger partial charge in [0, 0.05) is 5.56 Å². The minimum Gasteiger partial charge on any atom is -0.496 e. The molecule has 18 heavy (non-hydrogen) atoms. The molecular formula is C13H14N4O. The van der Waals surface area contributed by atoms with Crippen LogP contribution in [-0.2, 0) is 12.0 Å². The molecule has 0 saturated heterocycles. The predicted molar refractivity (Wildman–Crippen MR) is 66.0 cm³/mol. The quantitative estimate of drug-likeness (QED) is 0.819. The van der Waals surface area contributed by atoms with Gasteiger partial charge < -0.3 is 4.74 Å². The molecule has 1 heterocycles. The Morgan fingerprint density at radius 1 is 1.44 bits per heavy atom. The van der Waals surface area contributed by atoms with Crippen molar-refractivity contribution in [1.82, 2.24) is 14.8 Å². The number of hydrogen-bond acceptors (Lipinski definition) is 4. The molecule has 0 N–H and O–H groups in total. The van der Waals surface area contributed by atoms with E-state index in [1.807, 2.05) is 31.2 Å². The summed E-state index contributed by atoms with van der Waals surface area (Å²) in [5.41, 5.74) is 0.144. The summed E-state index contributed by atoms with van der Waals surface area (Å²) in [6.45, 7) is 2.30. The van der Waals surface area contributed by atoms with Crippen LogP contribution in [0.1, 0.15) is 12.5 Å². The van der Waals surface area contributed by atoms with Gasteiger partial charge in [-0.3, -0.25) is 4.68 Å². The molecule has 0 spiro atoms. The van der Waals surface area contributed by atoms with Gasteiger partial charge in [0.2, 0.25) is 0 Å². The van der Waals surface area contributed by atoms with E-state index < -0.39 is 5.41 Å². The van der Waals surface area contributed by atoms with E-state index in [1.54, 1.807) is 18.1 Å². The van der Waals surface area contributed by atoms with Gasteiger partial charge in [-0.05, 0) is 13.0 Å². The van der Waals surface area contributed by atoms with Crippen LogP contribution in [0.25, 0.3) is 0 Å². The maximum atomic E-state index is 9.49. The molecule has 0 fully saturated rings. The number of rotatable bonds is 4. The molecule has 0 aliphatic heterocycles. The van der Waals surface area contributed by atoms with Crippen LogP contribution in [0, 0.1) is 11.3 Å². The van der Waals surface area contributed by atoms with Crippen molar-refractivity contribution < 1.29 is 4.74 Å². The SMILES string of the molecule is COc1ccccc1C(C)(C#N)Cn1cncn1. The highest BCUT2D eigenvalue weighted by Crippen LogP contribution is 2.32. The third-order valence-electron chi connectivity index (χ3n) is 2.89. The summed E-state index contributed by atoms with van der Waals surface area (Å²) in [6, 6.07) is 9.88. The lowest BCUT2D eigenvalue weighted by Crippen LogP contribution is -2.27. The summed E-state index contributed by atoms with van der Waals surface area (Å²) in [4.78, 5) is 3.89. The molecular weight excluding hydrogens is 228 g/mol. The first-order valence-corrected chi connectivity index (χ1v) is 5.57. The lowest BCUT2D eigenvalue weighted by atomic mass is 9.83. The molecule has 5 heteroatoms. The number of ether oxygens (including phenoxy) is 1. The van der Waals surface area contributed by atoms with Crippen LogP contribution in [0.3, 0.4) is 0 Å². The predicted octanol–water partition coefficient (Wildman–Crippen LogP) is 1.77. The van der Waals surface area contributed by atoms with Gasteiger partial charge in [-0.1, -0.05) is 18.2 Å². The van der Waals surface area contributed by atoms with Crippen LogP contribution < -0.4 is 4.74 Å². The third kappa shape index (κ3) is 2.18. The molecule has 0 amide bonds. The fourth-order valence-electron chi connectivity index (χ4n) is 1.92. The molecule has 2 aromatic rings. The summed E-state index contributed by atoms with van der Waals surface area (Å²) in [5.74, 6) is 0.710. The zero-order valence-corrected chi connectivity index (χ0v) is 10.4. The van der Waals surface area contributed by atoms with Crippen molar-refractivity contribution in [2.45, 2.75) is 18.9 Å². The average Bonchev–Trinajstić information content (AvgIpc) is 2.91. The van der Waals surface area contributed by atoms with E-state index in [4.69, 9.17) is 4.74 Å². The Balaban J connectivity index is 2.40. The Morgan fingerprint density at radius 2 is 2.22 bits per heavy atom. The molecule has 1 aromatic heterocycles. The van der Waals surface area contributed by atoms with Crippen molar-refractivity contribution in [3.63, 3.8) is 0 Å². The van der Waals surface area contributed by atoms with Crippen molar-refractivity contribution in [1.29, 1.82) is 5.26 Å². The molecule has 0 saturated carbocycles. The van der Waals surface area contributed by atoms with Gasteiger partial charge in [-0.25, -0.2) is 4.98 Å². The van der Waals surface area contributed by atoms with Gasteiger partial charge in [0.15, 0.2) is 0 Å². The van der Waals surface area contributed by atoms with Gasteiger partial charge in [-0.2, -0.15) is 10.4 Å². The first-order chi connectivity index (χ1) is 8.69. The van der Waals surface area contributed by atoms with Crippen LogP contribution in [0.5, 0.6) is 5.75 Å². The Bertz CT molecular complexity index is 559. The van der Waals surface area contributed by atoms with E-state index in [-0.39, 0.29) is 0 Å². The van der Waals surface area contributed by atoms with E-state index in [0.717, 1.165) is 5.56 Å². The first kappa shape index (κ1) is 12.1. The maximum absolute atomic E-state index is 9.49. The molecule has 0 aliphatic rings. The maximum Gasteiger partial charge on any atom is 0.137 e. The van der Waals surface area contributed by atoms with Crippen LogP contribution in [-0.4, -0.2) is 21.9 Å². The second-order valence-electron chi connectivity index (χ2n) is 4.24. The molecule has 5 nitrogen and oxygen atoms in total. The number of methoxy groups -OCH3 is 1. The zero-order valence-electron chi connectivity index (χ0n) is 10.4. The van der Waals surface area contributed by atoms with Crippen LogP contribution in [0.15, 0.2) is 36.9 Å². The van der Waals surface area contributed by atoms with Gasteiger partial charge >= 0.3 is 0 Å². The lowest BCUT2D eigenvalue weighted by Gasteiger charge is -2.23. The number of nitriles is 1. The minimum atomic E-state index is -0.708. The average molecular weight is 242 g/mol. The number of para-hydroxylation sites is 1. The van der Waals surface area contributed by atoms with Crippen LogP contribution in [0.4, 0.5) is 0 Å². The Morgan fingerprint density at radius 3 is 2.83 bits per heavy atom. The molecule has 1 aromatic carbocycles. The molecule has 92 valence electrons. The van der Waals surface area contributed by atoms with Crippen LogP contribution in [0.2, 0.25) is 0 Å². The van der Waals surface area contributed by atoms with E-state index in [9.17, 15) is 5.26 Å². The summed E-state index contributed by atoms with van der Waals surface area (Å²) < 4.78 is 6.96. The van der Waals surface area contributed by atoms with Gasteiger partial charge in [-0.15, -0.1) is 0 Å². The molecule has 2 rings (SSSR count). The molecule has 0 radical (unpaired) electrons. The second kappa shape index (κ2) is 4.88. The third-order valence-corrected chi connectivity index (χ3v) is 2.89. The standard InChI is InChI=1S/C13H14N4O/c1-13(7-14,8-17-10-15-9-16-17)11-5-3-4-6-12(11)18-2/h3-6,9-10H,8H2,1-2H3. The summed E-state index contributed by atoms with van der Waals surface area (Å²) in [6.07, 6.45) is 3.06. The topological polar surface area (TPSA) is 63.7 Å².